The van der Waals surface area contributed by atoms with Crippen molar-refractivity contribution in [3.8, 4) is 0 Å². The van der Waals surface area contributed by atoms with Gasteiger partial charge >= 0.3 is 0 Å². The molecule has 15 heavy (non-hydrogen) atoms. The fraction of sp³-hybridized carbons (Fsp3) is 0.300. The third-order valence-electron chi connectivity index (χ3n) is 1.76. The van der Waals surface area contributed by atoms with Gasteiger partial charge in [0, 0.05) is 21.5 Å². The van der Waals surface area contributed by atoms with Gasteiger partial charge in [0.15, 0.2) is 0 Å². The topological polar surface area (TPSA) is 55.1 Å². The summed E-state index contributed by atoms with van der Waals surface area (Å²) in [5.74, 6) is -0.125. The van der Waals surface area contributed by atoms with Crippen molar-refractivity contribution >= 4 is 37.8 Å². The largest absolute Gasteiger partial charge is 0.350 e. The van der Waals surface area contributed by atoms with Crippen molar-refractivity contribution in [2.45, 2.75) is 13.0 Å². The van der Waals surface area contributed by atoms with Gasteiger partial charge in [-0.15, -0.1) is 0 Å². The summed E-state index contributed by atoms with van der Waals surface area (Å²) in [6, 6.07) is 5.41. The number of hydrogen-bond donors (Lipinski definition) is 2. The van der Waals surface area contributed by atoms with Crippen molar-refractivity contribution in [3.63, 3.8) is 0 Å². The number of amides is 1. The normalized spacial score (nSPS) is 12.3. The summed E-state index contributed by atoms with van der Waals surface area (Å²) in [7, 11) is 0. The molecule has 1 unspecified atom stereocenters. The standard InChI is InChI=1S/C10H12Br2N2O/c1-6(13)5-14-10(15)8-4-7(11)2-3-9(8)12/h2-4,6H,5,13H2,1H3,(H,14,15). The van der Waals surface area contributed by atoms with Crippen molar-refractivity contribution in [1.29, 1.82) is 0 Å². The summed E-state index contributed by atoms with van der Waals surface area (Å²) in [6.45, 7) is 2.31. The molecule has 0 saturated heterocycles. The molecule has 0 aliphatic carbocycles. The SMILES string of the molecule is CC(N)CNC(=O)c1cc(Br)ccc1Br. The molecule has 0 aliphatic rings. The zero-order chi connectivity index (χ0) is 11.4. The second-order valence-electron chi connectivity index (χ2n) is 3.31. The Hall–Kier alpha value is -0.390. The Bertz CT molecular complexity index is 366. The number of rotatable bonds is 3. The first kappa shape index (κ1) is 12.7. The first-order chi connectivity index (χ1) is 7.00. The molecule has 1 rings (SSSR count). The van der Waals surface area contributed by atoms with Crippen LogP contribution in [-0.2, 0) is 0 Å². The summed E-state index contributed by atoms with van der Waals surface area (Å²) in [4.78, 5) is 11.7. The maximum atomic E-state index is 11.7. The highest BCUT2D eigenvalue weighted by atomic mass is 79.9. The minimum Gasteiger partial charge on any atom is -0.350 e. The minimum absolute atomic E-state index is 0.0418. The van der Waals surface area contributed by atoms with Crippen LogP contribution in [-0.4, -0.2) is 18.5 Å². The molecule has 1 atom stereocenters. The van der Waals surface area contributed by atoms with Crippen LogP contribution in [0.5, 0.6) is 0 Å². The molecule has 0 fully saturated rings. The van der Waals surface area contributed by atoms with E-state index in [-0.39, 0.29) is 11.9 Å². The van der Waals surface area contributed by atoms with Gasteiger partial charge in [-0.2, -0.15) is 0 Å². The number of hydrogen-bond acceptors (Lipinski definition) is 2. The van der Waals surface area contributed by atoms with Gasteiger partial charge in [-0.1, -0.05) is 15.9 Å². The third-order valence-corrected chi connectivity index (χ3v) is 2.94. The summed E-state index contributed by atoms with van der Waals surface area (Å²) in [5.41, 5.74) is 6.15. The van der Waals surface area contributed by atoms with E-state index in [0.29, 0.717) is 12.1 Å². The molecule has 1 aromatic rings. The number of carbonyl (C=O) groups excluding carboxylic acids is 1. The molecule has 0 radical (unpaired) electrons. The average Bonchev–Trinajstić information content (AvgIpc) is 2.18. The lowest BCUT2D eigenvalue weighted by Gasteiger charge is -2.09. The number of carbonyl (C=O) groups is 1. The Morgan fingerprint density at radius 3 is 2.80 bits per heavy atom. The van der Waals surface area contributed by atoms with Crippen LogP contribution in [0.15, 0.2) is 27.1 Å². The minimum atomic E-state index is -0.125. The lowest BCUT2D eigenvalue weighted by atomic mass is 10.2. The first-order valence-corrected chi connectivity index (χ1v) is 6.08. The monoisotopic (exact) mass is 334 g/mol. The van der Waals surface area contributed by atoms with Crippen molar-refractivity contribution < 1.29 is 4.79 Å². The van der Waals surface area contributed by atoms with Gasteiger partial charge < -0.3 is 11.1 Å². The van der Waals surface area contributed by atoms with Crippen molar-refractivity contribution in [2.75, 3.05) is 6.54 Å². The van der Waals surface area contributed by atoms with E-state index in [4.69, 9.17) is 5.73 Å². The molecular formula is C10H12Br2N2O. The molecule has 0 heterocycles. The van der Waals surface area contributed by atoms with Gasteiger partial charge in [0.05, 0.1) is 5.56 Å². The molecule has 0 saturated carbocycles. The molecule has 3 nitrogen and oxygen atoms in total. The van der Waals surface area contributed by atoms with Gasteiger partial charge in [-0.05, 0) is 41.1 Å². The number of nitrogens with one attached hydrogen (secondary N) is 1. The van der Waals surface area contributed by atoms with Gasteiger partial charge in [-0.25, -0.2) is 0 Å². The van der Waals surface area contributed by atoms with E-state index in [9.17, 15) is 4.79 Å². The van der Waals surface area contributed by atoms with E-state index in [1.54, 1.807) is 6.07 Å². The molecule has 1 aromatic carbocycles. The Balaban J connectivity index is 2.77. The Morgan fingerprint density at radius 1 is 1.53 bits per heavy atom. The van der Waals surface area contributed by atoms with Crippen LogP contribution in [0.3, 0.4) is 0 Å². The van der Waals surface area contributed by atoms with E-state index < -0.39 is 0 Å². The lowest BCUT2D eigenvalue weighted by Crippen LogP contribution is -2.35. The van der Waals surface area contributed by atoms with Crippen LogP contribution in [0.1, 0.15) is 17.3 Å². The maximum absolute atomic E-state index is 11.7. The molecule has 82 valence electrons. The fourth-order valence-corrected chi connectivity index (χ4v) is 1.81. The highest BCUT2D eigenvalue weighted by Crippen LogP contribution is 2.21. The number of nitrogens with two attached hydrogens (primary N) is 1. The molecule has 0 aromatic heterocycles. The molecule has 0 bridgehead atoms. The van der Waals surface area contributed by atoms with Crippen LogP contribution in [0.2, 0.25) is 0 Å². The van der Waals surface area contributed by atoms with Crippen molar-refractivity contribution in [3.05, 3.63) is 32.7 Å². The van der Waals surface area contributed by atoms with Crippen molar-refractivity contribution in [2.24, 2.45) is 5.73 Å². The molecule has 0 spiro atoms. The average molecular weight is 336 g/mol. The van der Waals surface area contributed by atoms with E-state index in [1.165, 1.54) is 0 Å². The zero-order valence-corrected chi connectivity index (χ0v) is 11.4. The highest BCUT2D eigenvalue weighted by Gasteiger charge is 2.10. The van der Waals surface area contributed by atoms with Gasteiger partial charge in [0.25, 0.3) is 5.91 Å². The third kappa shape index (κ3) is 3.93. The Morgan fingerprint density at radius 2 is 2.20 bits per heavy atom. The molecule has 3 N–H and O–H groups in total. The number of benzene rings is 1. The first-order valence-electron chi connectivity index (χ1n) is 4.49. The van der Waals surface area contributed by atoms with Gasteiger partial charge in [0.2, 0.25) is 0 Å². The predicted molar refractivity (Wildman–Crippen MR) is 67.8 cm³/mol. The maximum Gasteiger partial charge on any atom is 0.252 e. The van der Waals surface area contributed by atoms with Gasteiger partial charge in [0.1, 0.15) is 0 Å². The second kappa shape index (κ2) is 5.63. The van der Waals surface area contributed by atoms with E-state index >= 15 is 0 Å². The van der Waals surface area contributed by atoms with E-state index in [1.807, 2.05) is 19.1 Å². The van der Waals surface area contributed by atoms with Crippen LogP contribution in [0, 0.1) is 0 Å². The Labute approximate surface area is 106 Å². The van der Waals surface area contributed by atoms with Crippen LogP contribution < -0.4 is 11.1 Å². The van der Waals surface area contributed by atoms with E-state index in [2.05, 4.69) is 37.2 Å². The lowest BCUT2D eigenvalue weighted by molar-refractivity contribution is 0.0951. The van der Waals surface area contributed by atoms with Crippen molar-refractivity contribution in [1.82, 2.24) is 5.32 Å². The fourth-order valence-electron chi connectivity index (χ4n) is 1.02. The molecule has 5 heteroatoms. The quantitative estimate of drug-likeness (QED) is 0.890. The van der Waals surface area contributed by atoms with Crippen LogP contribution in [0.25, 0.3) is 0 Å². The van der Waals surface area contributed by atoms with E-state index in [0.717, 1.165) is 8.95 Å². The summed E-state index contributed by atoms with van der Waals surface area (Å²) in [6.07, 6.45) is 0. The molecule has 1 amide bonds. The second-order valence-corrected chi connectivity index (χ2v) is 5.08. The summed E-state index contributed by atoms with van der Waals surface area (Å²) in [5, 5.41) is 2.75. The molecular weight excluding hydrogens is 324 g/mol. The predicted octanol–water partition coefficient (Wildman–Crippen LogP) is 2.29. The Kier molecular flexibility index (Phi) is 4.76. The summed E-state index contributed by atoms with van der Waals surface area (Å²) >= 11 is 6.64. The zero-order valence-electron chi connectivity index (χ0n) is 8.26. The van der Waals surface area contributed by atoms with Gasteiger partial charge in [-0.3, -0.25) is 4.79 Å². The smallest absolute Gasteiger partial charge is 0.252 e. The highest BCUT2D eigenvalue weighted by molar-refractivity contribution is 9.11. The van der Waals surface area contributed by atoms with Crippen LogP contribution >= 0.6 is 31.9 Å². The number of halogens is 2. The summed E-state index contributed by atoms with van der Waals surface area (Å²) < 4.78 is 1.64. The molecule has 0 aliphatic heterocycles. The van der Waals surface area contributed by atoms with Crippen LogP contribution in [0.4, 0.5) is 0 Å².